The number of carbonyl (C=O) groups is 3. The average molecular weight is 495 g/mol. The molecule has 5 rings (SSSR count). The first-order valence-corrected chi connectivity index (χ1v) is 12.9. The lowest BCUT2D eigenvalue weighted by Crippen LogP contribution is -2.56. The Bertz CT molecular complexity index is 1180. The van der Waals surface area contributed by atoms with E-state index in [9.17, 15) is 19.5 Å². The number of anilines is 1. The summed E-state index contributed by atoms with van der Waals surface area (Å²) in [6.45, 7) is 5.68. The minimum absolute atomic E-state index is 0.190. The van der Waals surface area contributed by atoms with Gasteiger partial charge in [-0.1, -0.05) is 44.2 Å². The Morgan fingerprint density at radius 3 is 2.67 bits per heavy atom. The van der Waals surface area contributed by atoms with Crippen LogP contribution < -0.4 is 5.32 Å². The highest BCUT2D eigenvalue weighted by molar-refractivity contribution is 6.04. The minimum Gasteiger partial charge on any atom is -0.466 e. The lowest BCUT2D eigenvalue weighted by Gasteiger charge is -2.37. The largest absolute Gasteiger partial charge is 0.466 e. The monoisotopic (exact) mass is 494 g/mol. The van der Waals surface area contributed by atoms with Crippen LogP contribution in [0, 0.1) is 17.8 Å². The van der Waals surface area contributed by atoms with Crippen molar-refractivity contribution in [3.8, 4) is 0 Å². The summed E-state index contributed by atoms with van der Waals surface area (Å²) < 4.78 is 11.7. The van der Waals surface area contributed by atoms with Gasteiger partial charge in [-0.3, -0.25) is 14.4 Å². The number of hydrogen-bond acceptors (Lipinski definition) is 6. The fourth-order valence-electron chi connectivity index (χ4n) is 6.59. The Labute approximate surface area is 210 Å². The van der Waals surface area contributed by atoms with Crippen LogP contribution in [0.15, 0.2) is 42.5 Å². The van der Waals surface area contributed by atoms with Crippen LogP contribution in [0.3, 0.4) is 0 Å². The zero-order valence-electron chi connectivity index (χ0n) is 21.0. The van der Waals surface area contributed by atoms with Crippen molar-refractivity contribution in [1.29, 1.82) is 0 Å². The molecule has 2 amide bonds. The van der Waals surface area contributed by atoms with Crippen LogP contribution in [0.25, 0.3) is 10.8 Å². The number of fused-ring (bicyclic) bond motifs is 2. The first kappa shape index (κ1) is 24.7. The van der Waals surface area contributed by atoms with Crippen molar-refractivity contribution in [2.45, 2.75) is 63.8 Å². The number of aliphatic hydroxyl groups excluding tert-OH is 1. The van der Waals surface area contributed by atoms with E-state index < -0.39 is 41.6 Å². The number of likely N-dealkylation sites (tertiary alicyclic amines) is 1. The van der Waals surface area contributed by atoms with E-state index in [-0.39, 0.29) is 30.9 Å². The van der Waals surface area contributed by atoms with Crippen LogP contribution in [0.2, 0.25) is 0 Å². The number of aliphatic hydroxyl groups is 1. The molecule has 0 saturated carbocycles. The lowest BCUT2D eigenvalue weighted by molar-refractivity contribution is -0.155. The van der Waals surface area contributed by atoms with E-state index in [2.05, 4.69) is 5.32 Å². The third-order valence-corrected chi connectivity index (χ3v) is 7.91. The molecule has 2 unspecified atom stereocenters. The standard InChI is InChI=1S/C28H34N2O6/c1-4-35-27(34)22-21-11-12-28(36-21)23(22)26(33)30(20(15-31)13-16(2)3)24(28)25(32)29-19-10-9-17-7-5-6-8-18(17)14-19/h5-10,14,16,20-24,31H,4,11-13,15H2,1-3H3,(H,29,32)/t20-,21-,22+,23+,24?,28?/m1/s1. The van der Waals surface area contributed by atoms with Crippen LogP contribution in [-0.2, 0) is 23.9 Å². The maximum absolute atomic E-state index is 14.0. The molecule has 0 aromatic heterocycles. The van der Waals surface area contributed by atoms with Crippen LogP contribution in [-0.4, -0.2) is 64.8 Å². The molecule has 2 bridgehead atoms. The Kier molecular flexibility index (Phi) is 6.51. The van der Waals surface area contributed by atoms with Gasteiger partial charge in [-0.2, -0.15) is 0 Å². The molecule has 36 heavy (non-hydrogen) atoms. The molecule has 0 radical (unpaired) electrons. The van der Waals surface area contributed by atoms with E-state index in [1.807, 2.05) is 56.3 Å². The predicted molar refractivity (Wildman–Crippen MR) is 134 cm³/mol. The highest BCUT2D eigenvalue weighted by Crippen LogP contribution is 2.59. The summed E-state index contributed by atoms with van der Waals surface area (Å²) in [6.07, 6.45) is 1.15. The highest BCUT2D eigenvalue weighted by atomic mass is 16.6. The van der Waals surface area contributed by atoms with Crippen molar-refractivity contribution in [3.05, 3.63) is 42.5 Å². The molecule has 0 aliphatic carbocycles. The second-order valence-electron chi connectivity index (χ2n) is 10.6. The van der Waals surface area contributed by atoms with E-state index in [1.165, 1.54) is 4.90 Å². The van der Waals surface area contributed by atoms with Gasteiger partial charge in [-0.15, -0.1) is 0 Å². The lowest BCUT2D eigenvalue weighted by atomic mass is 9.70. The third kappa shape index (κ3) is 3.87. The van der Waals surface area contributed by atoms with Gasteiger partial charge in [0, 0.05) is 5.69 Å². The number of esters is 1. The van der Waals surface area contributed by atoms with Gasteiger partial charge in [0.25, 0.3) is 0 Å². The first-order chi connectivity index (χ1) is 17.3. The van der Waals surface area contributed by atoms with Crippen LogP contribution in [0.5, 0.6) is 0 Å². The van der Waals surface area contributed by atoms with Gasteiger partial charge in [0.15, 0.2) is 0 Å². The van der Waals surface area contributed by atoms with Gasteiger partial charge in [0.2, 0.25) is 11.8 Å². The van der Waals surface area contributed by atoms with Crippen molar-refractivity contribution in [1.82, 2.24) is 4.90 Å². The number of benzene rings is 2. The zero-order chi connectivity index (χ0) is 25.6. The molecule has 3 heterocycles. The number of nitrogens with one attached hydrogen (secondary N) is 1. The highest BCUT2D eigenvalue weighted by Gasteiger charge is 2.75. The summed E-state index contributed by atoms with van der Waals surface area (Å²) in [6, 6.07) is 12.0. The van der Waals surface area contributed by atoms with E-state index in [0.717, 1.165) is 10.8 Å². The molecule has 3 aliphatic rings. The molecular weight excluding hydrogens is 460 g/mol. The van der Waals surface area contributed by atoms with Crippen LogP contribution in [0.4, 0.5) is 5.69 Å². The van der Waals surface area contributed by atoms with Crippen molar-refractivity contribution in [2.24, 2.45) is 17.8 Å². The average Bonchev–Trinajstić information content (AvgIpc) is 3.50. The predicted octanol–water partition coefficient (Wildman–Crippen LogP) is 3.12. The number of ether oxygens (including phenoxy) is 2. The summed E-state index contributed by atoms with van der Waals surface area (Å²) in [7, 11) is 0. The molecule has 2 aromatic rings. The summed E-state index contributed by atoms with van der Waals surface area (Å²) >= 11 is 0. The van der Waals surface area contributed by atoms with Gasteiger partial charge in [0.1, 0.15) is 11.6 Å². The molecule has 2 aromatic carbocycles. The van der Waals surface area contributed by atoms with Crippen molar-refractivity contribution in [2.75, 3.05) is 18.5 Å². The number of carbonyl (C=O) groups excluding carboxylic acids is 3. The minimum atomic E-state index is -1.12. The second kappa shape index (κ2) is 9.48. The molecule has 3 aliphatic heterocycles. The smallest absolute Gasteiger partial charge is 0.312 e. The topological polar surface area (TPSA) is 105 Å². The third-order valence-electron chi connectivity index (χ3n) is 7.91. The zero-order valence-corrected chi connectivity index (χ0v) is 21.0. The van der Waals surface area contributed by atoms with E-state index in [0.29, 0.717) is 24.9 Å². The Morgan fingerprint density at radius 1 is 1.22 bits per heavy atom. The molecule has 2 N–H and O–H groups in total. The molecule has 8 nitrogen and oxygen atoms in total. The van der Waals surface area contributed by atoms with E-state index in [1.54, 1.807) is 6.92 Å². The summed E-state index contributed by atoms with van der Waals surface area (Å²) in [5.74, 6) is -2.49. The van der Waals surface area contributed by atoms with Gasteiger partial charge in [0.05, 0.1) is 37.2 Å². The summed E-state index contributed by atoms with van der Waals surface area (Å²) in [5.41, 5.74) is -0.505. The summed E-state index contributed by atoms with van der Waals surface area (Å²) in [5, 5.41) is 15.3. The molecule has 8 heteroatoms. The number of amides is 2. The maximum atomic E-state index is 14.0. The normalized spacial score (nSPS) is 29.6. The Hall–Kier alpha value is -2.97. The van der Waals surface area contributed by atoms with Gasteiger partial charge >= 0.3 is 5.97 Å². The molecular formula is C28H34N2O6. The van der Waals surface area contributed by atoms with Gasteiger partial charge < -0.3 is 24.8 Å². The number of hydrogen-bond donors (Lipinski definition) is 2. The molecule has 3 saturated heterocycles. The number of nitrogens with zero attached hydrogens (tertiary/aromatic N) is 1. The fraction of sp³-hybridized carbons (Fsp3) is 0.536. The summed E-state index contributed by atoms with van der Waals surface area (Å²) in [4.78, 5) is 42.3. The fourth-order valence-corrected chi connectivity index (χ4v) is 6.59. The second-order valence-corrected chi connectivity index (χ2v) is 10.6. The van der Waals surface area contributed by atoms with E-state index >= 15 is 0 Å². The van der Waals surface area contributed by atoms with Crippen molar-refractivity contribution < 1.29 is 29.0 Å². The van der Waals surface area contributed by atoms with Gasteiger partial charge in [-0.25, -0.2) is 0 Å². The molecule has 192 valence electrons. The van der Waals surface area contributed by atoms with Gasteiger partial charge in [-0.05, 0) is 55.0 Å². The number of rotatable bonds is 8. The van der Waals surface area contributed by atoms with Crippen LogP contribution >= 0.6 is 0 Å². The molecule has 6 atom stereocenters. The Balaban J connectivity index is 1.53. The Morgan fingerprint density at radius 2 is 1.97 bits per heavy atom. The molecule has 1 spiro atoms. The molecule has 3 fully saturated rings. The van der Waals surface area contributed by atoms with Crippen molar-refractivity contribution in [3.63, 3.8) is 0 Å². The van der Waals surface area contributed by atoms with E-state index in [4.69, 9.17) is 9.47 Å². The maximum Gasteiger partial charge on any atom is 0.312 e. The first-order valence-electron chi connectivity index (χ1n) is 12.9. The van der Waals surface area contributed by atoms with Crippen molar-refractivity contribution >= 4 is 34.2 Å². The van der Waals surface area contributed by atoms with Crippen LogP contribution in [0.1, 0.15) is 40.0 Å². The SMILES string of the molecule is CCOC(=O)[C@@H]1[C@H]2C(=O)N([C@@H](CO)CC(C)C)C(C(=O)Nc3ccc4ccccc4c3)C23CC[C@H]1O3. The quantitative estimate of drug-likeness (QED) is 0.547.